The summed E-state index contributed by atoms with van der Waals surface area (Å²) in [5.41, 5.74) is 0.455. The highest BCUT2D eigenvalue weighted by atomic mass is 35.5. The van der Waals surface area contributed by atoms with Gasteiger partial charge in [-0.1, -0.05) is 18.5 Å². The van der Waals surface area contributed by atoms with E-state index in [1.54, 1.807) is 6.07 Å². The summed E-state index contributed by atoms with van der Waals surface area (Å²) in [6.45, 7) is 4.47. The summed E-state index contributed by atoms with van der Waals surface area (Å²) >= 11 is 5.72. The summed E-state index contributed by atoms with van der Waals surface area (Å²) in [6.07, 6.45) is 0.880. The van der Waals surface area contributed by atoms with Gasteiger partial charge in [-0.05, 0) is 37.7 Å². The maximum absolute atomic E-state index is 11.7. The molecular weight excluding hydrogens is 240 g/mol. The standard InChI is InChI=1S/C12H17ClN2O2/c1-2-14-6-3-7-15-12(17)9-4-5-11(16)10(13)8-9/h4-5,8,14,16H,2-3,6-7H2,1H3,(H,15,17). The third-order valence-electron chi connectivity index (χ3n) is 2.28. The summed E-state index contributed by atoms with van der Waals surface area (Å²) in [4.78, 5) is 11.7. The molecule has 0 saturated heterocycles. The van der Waals surface area contributed by atoms with E-state index in [0.29, 0.717) is 12.1 Å². The first-order valence-electron chi connectivity index (χ1n) is 5.62. The van der Waals surface area contributed by atoms with Gasteiger partial charge < -0.3 is 15.7 Å². The zero-order valence-electron chi connectivity index (χ0n) is 9.79. The normalized spacial score (nSPS) is 10.2. The van der Waals surface area contributed by atoms with Crippen molar-refractivity contribution in [3.05, 3.63) is 28.8 Å². The molecule has 5 heteroatoms. The van der Waals surface area contributed by atoms with Crippen LogP contribution in [0.25, 0.3) is 0 Å². The predicted octanol–water partition coefficient (Wildman–Crippen LogP) is 1.77. The molecule has 0 spiro atoms. The minimum atomic E-state index is -0.177. The average Bonchev–Trinajstić information content (AvgIpc) is 2.32. The highest BCUT2D eigenvalue weighted by molar-refractivity contribution is 6.32. The predicted molar refractivity (Wildman–Crippen MR) is 68.6 cm³/mol. The van der Waals surface area contributed by atoms with E-state index in [1.165, 1.54) is 12.1 Å². The lowest BCUT2D eigenvalue weighted by Crippen LogP contribution is -2.27. The van der Waals surface area contributed by atoms with Crippen molar-refractivity contribution in [2.24, 2.45) is 0 Å². The molecule has 1 amide bonds. The highest BCUT2D eigenvalue weighted by Crippen LogP contribution is 2.23. The highest BCUT2D eigenvalue weighted by Gasteiger charge is 2.07. The third-order valence-corrected chi connectivity index (χ3v) is 2.58. The number of carbonyl (C=O) groups excluding carboxylic acids is 1. The van der Waals surface area contributed by atoms with E-state index in [2.05, 4.69) is 10.6 Å². The molecule has 3 N–H and O–H groups in total. The number of phenols is 1. The fourth-order valence-electron chi connectivity index (χ4n) is 1.34. The van der Waals surface area contributed by atoms with Crippen LogP contribution in [0.15, 0.2) is 18.2 Å². The van der Waals surface area contributed by atoms with Crippen molar-refractivity contribution >= 4 is 17.5 Å². The number of phenolic OH excluding ortho intramolecular Hbond substituents is 1. The van der Waals surface area contributed by atoms with Gasteiger partial charge in [-0.2, -0.15) is 0 Å². The lowest BCUT2D eigenvalue weighted by atomic mass is 10.2. The number of carbonyl (C=O) groups is 1. The zero-order chi connectivity index (χ0) is 12.7. The summed E-state index contributed by atoms with van der Waals surface area (Å²) in [5, 5.41) is 15.4. The van der Waals surface area contributed by atoms with E-state index >= 15 is 0 Å². The number of nitrogens with one attached hydrogen (secondary N) is 2. The van der Waals surface area contributed by atoms with Crippen molar-refractivity contribution in [1.82, 2.24) is 10.6 Å². The van der Waals surface area contributed by atoms with E-state index in [9.17, 15) is 9.90 Å². The Bertz CT molecular complexity index is 383. The topological polar surface area (TPSA) is 61.4 Å². The first-order chi connectivity index (χ1) is 8.15. The van der Waals surface area contributed by atoms with E-state index in [1.807, 2.05) is 6.92 Å². The summed E-state index contributed by atoms with van der Waals surface area (Å²) in [6, 6.07) is 4.41. The fraction of sp³-hybridized carbons (Fsp3) is 0.417. The molecule has 0 aliphatic rings. The molecule has 0 aliphatic heterocycles. The van der Waals surface area contributed by atoms with Crippen LogP contribution in [0.4, 0.5) is 0 Å². The third kappa shape index (κ3) is 4.63. The van der Waals surface area contributed by atoms with Gasteiger partial charge in [0.2, 0.25) is 0 Å². The maximum atomic E-state index is 11.7. The van der Waals surface area contributed by atoms with Crippen LogP contribution in [0.2, 0.25) is 5.02 Å². The lowest BCUT2D eigenvalue weighted by Gasteiger charge is -2.06. The Hall–Kier alpha value is -1.26. The molecule has 0 unspecified atom stereocenters. The van der Waals surface area contributed by atoms with Crippen LogP contribution in [0, 0.1) is 0 Å². The Kier molecular flexibility index (Phi) is 5.80. The second-order valence-electron chi connectivity index (χ2n) is 3.63. The van der Waals surface area contributed by atoms with E-state index in [4.69, 9.17) is 11.6 Å². The summed E-state index contributed by atoms with van der Waals surface area (Å²) in [7, 11) is 0. The first-order valence-corrected chi connectivity index (χ1v) is 6.00. The number of hydrogen-bond donors (Lipinski definition) is 3. The lowest BCUT2D eigenvalue weighted by molar-refractivity contribution is 0.0953. The quantitative estimate of drug-likeness (QED) is 0.680. The van der Waals surface area contributed by atoms with Gasteiger partial charge in [-0.15, -0.1) is 0 Å². The van der Waals surface area contributed by atoms with Gasteiger partial charge in [0.15, 0.2) is 0 Å². The van der Waals surface area contributed by atoms with E-state index in [0.717, 1.165) is 19.5 Å². The smallest absolute Gasteiger partial charge is 0.251 e. The van der Waals surface area contributed by atoms with Gasteiger partial charge in [0, 0.05) is 12.1 Å². The first kappa shape index (κ1) is 13.8. The van der Waals surface area contributed by atoms with Crippen molar-refractivity contribution in [2.75, 3.05) is 19.6 Å². The van der Waals surface area contributed by atoms with E-state index in [-0.39, 0.29) is 16.7 Å². The van der Waals surface area contributed by atoms with Crippen LogP contribution in [0.5, 0.6) is 5.75 Å². The molecule has 0 fully saturated rings. The second kappa shape index (κ2) is 7.14. The molecule has 17 heavy (non-hydrogen) atoms. The average molecular weight is 257 g/mol. The number of halogens is 1. The van der Waals surface area contributed by atoms with Gasteiger partial charge in [-0.25, -0.2) is 0 Å². The number of amides is 1. The van der Waals surface area contributed by atoms with Crippen molar-refractivity contribution < 1.29 is 9.90 Å². The van der Waals surface area contributed by atoms with Crippen LogP contribution in [-0.2, 0) is 0 Å². The van der Waals surface area contributed by atoms with Crippen LogP contribution < -0.4 is 10.6 Å². The molecular formula is C12H17ClN2O2. The number of benzene rings is 1. The Balaban J connectivity index is 2.39. The Labute approximate surface area is 106 Å². The number of aromatic hydroxyl groups is 1. The zero-order valence-corrected chi connectivity index (χ0v) is 10.5. The number of rotatable bonds is 6. The molecule has 1 aromatic carbocycles. The monoisotopic (exact) mass is 256 g/mol. The molecule has 0 atom stereocenters. The largest absolute Gasteiger partial charge is 0.506 e. The molecule has 94 valence electrons. The molecule has 0 saturated carbocycles. The van der Waals surface area contributed by atoms with Gasteiger partial charge in [0.25, 0.3) is 5.91 Å². The van der Waals surface area contributed by atoms with E-state index < -0.39 is 0 Å². The van der Waals surface area contributed by atoms with Gasteiger partial charge >= 0.3 is 0 Å². The van der Waals surface area contributed by atoms with Crippen molar-refractivity contribution in [3.8, 4) is 5.75 Å². The van der Waals surface area contributed by atoms with Gasteiger partial charge in [-0.3, -0.25) is 4.79 Å². The number of hydrogen-bond acceptors (Lipinski definition) is 3. The molecule has 0 aromatic heterocycles. The summed E-state index contributed by atoms with van der Waals surface area (Å²) in [5.74, 6) is -0.196. The van der Waals surface area contributed by atoms with Gasteiger partial charge in [0.05, 0.1) is 5.02 Å². The van der Waals surface area contributed by atoms with Crippen LogP contribution in [0.3, 0.4) is 0 Å². The van der Waals surface area contributed by atoms with Gasteiger partial charge in [0.1, 0.15) is 5.75 Å². The minimum absolute atomic E-state index is 0.0182. The van der Waals surface area contributed by atoms with Crippen LogP contribution in [-0.4, -0.2) is 30.6 Å². The van der Waals surface area contributed by atoms with Crippen LogP contribution >= 0.6 is 11.6 Å². The molecule has 0 bridgehead atoms. The molecule has 1 rings (SSSR count). The molecule has 4 nitrogen and oxygen atoms in total. The molecule has 0 radical (unpaired) electrons. The van der Waals surface area contributed by atoms with Crippen molar-refractivity contribution in [1.29, 1.82) is 0 Å². The minimum Gasteiger partial charge on any atom is -0.506 e. The Morgan fingerprint density at radius 2 is 2.18 bits per heavy atom. The van der Waals surface area contributed by atoms with Crippen molar-refractivity contribution in [3.63, 3.8) is 0 Å². The summed E-state index contributed by atoms with van der Waals surface area (Å²) < 4.78 is 0. The Morgan fingerprint density at radius 3 is 2.82 bits per heavy atom. The molecule has 0 aliphatic carbocycles. The second-order valence-corrected chi connectivity index (χ2v) is 4.04. The maximum Gasteiger partial charge on any atom is 0.251 e. The van der Waals surface area contributed by atoms with Crippen LogP contribution in [0.1, 0.15) is 23.7 Å². The Morgan fingerprint density at radius 1 is 1.41 bits per heavy atom. The molecule has 1 aromatic rings. The van der Waals surface area contributed by atoms with Crippen molar-refractivity contribution in [2.45, 2.75) is 13.3 Å². The molecule has 0 heterocycles. The SMILES string of the molecule is CCNCCCNC(=O)c1ccc(O)c(Cl)c1. The fourth-order valence-corrected chi connectivity index (χ4v) is 1.52.